The van der Waals surface area contributed by atoms with Crippen LogP contribution >= 0.6 is 23.2 Å². The van der Waals surface area contributed by atoms with Gasteiger partial charge >= 0.3 is 6.18 Å². The Bertz CT molecular complexity index is 1350. The number of nitrogens with zero attached hydrogens (tertiary/aromatic N) is 2. The summed E-state index contributed by atoms with van der Waals surface area (Å²) in [5, 5.41) is 0.513. The molecule has 32 heavy (non-hydrogen) atoms. The highest BCUT2D eigenvalue weighted by Gasteiger charge is 2.29. The second kappa shape index (κ2) is 9.33. The number of hydrogen-bond acceptors (Lipinski definition) is 3. The van der Waals surface area contributed by atoms with Crippen molar-refractivity contribution >= 4 is 38.8 Å². The fourth-order valence-corrected chi connectivity index (χ4v) is 4.40. The minimum atomic E-state index is -4.43. The monoisotopic (exact) mass is 496 g/mol. The van der Waals surface area contributed by atoms with Crippen LogP contribution in [0.2, 0.25) is 10.0 Å². The number of aromatic nitrogens is 1. The van der Waals surface area contributed by atoms with Crippen molar-refractivity contribution in [3.8, 4) is 11.8 Å². The van der Waals surface area contributed by atoms with Gasteiger partial charge in [0.05, 0.1) is 25.8 Å². The standard InChI is InChI=1S/C22H13Cl2F3N2O2S/c1-32(31,20-10-18(23)9-19(24)11-20)29-21(30)16-8-15(12-28-13-16)3-2-14-4-6-17(7-5-14)22(25,26)27/h4-13H,1H3. The molecule has 0 N–H and O–H groups in total. The van der Waals surface area contributed by atoms with Crippen LogP contribution in [-0.4, -0.2) is 21.4 Å². The van der Waals surface area contributed by atoms with Crippen LogP contribution in [0.4, 0.5) is 13.2 Å². The van der Waals surface area contributed by atoms with Gasteiger partial charge in [0.1, 0.15) is 0 Å². The van der Waals surface area contributed by atoms with Crippen LogP contribution in [0, 0.1) is 11.8 Å². The maximum absolute atomic E-state index is 12.9. The number of carbonyl (C=O) groups excluding carboxylic acids is 1. The largest absolute Gasteiger partial charge is 0.416 e. The molecule has 2 aromatic carbocycles. The molecule has 0 aliphatic heterocycles. The predicted octanol–water partition coefficient (Wildman–Crippen LogP) is 6.10. The minimum Gasteiger partial charge on any atom is -0.266 e. The van der Waals surface area contributed by atoms with Gasteiger partial charge in [-0.1, -0.05) is 35.0 Å². The van der Waals surface area contributed by atoms with Gasteiger partial charge in [-0.2, -0.15) is 17.5 Å². The number of pyridine rings is 1. The zero-order valence-electron chi connectivity index (χ0n) is 16.3. The Kier molecular flexibility index (Phi) is 6.94. The molecule has 4 nitrogen and oxygen atoms in total. The normalized spacial score (nSPS) is 12.9. The van der Waals surface area contributed by atoms with E-state index in [0.29, 0.717) is 11.1 Å². The Morgan fingerprint density at radius 2 is 1.56 bits per heavy atom. The molecule has 10 heteroatoms. The Balaban J connectivity index is 1.86. The molecule has 0 aliphatic carbocycles. The lowest BCUT2D eigenvalue weighted by molar-refractivity contribution is -0.137. The maximum atomic E-state index is 12.9. The quantitative estimate of drug-likeness (QED) is 0.402. The molecule has 0 radical (unpaired) electrons. The van der Waals surface area contributed by atoms with Crippen LogP contribution in [0.15, 0.2) is 70.2 Å². The zero-order chi connectivity index (χ0) is 23.5. The lowest BCUT2D eigenvalue weighted by Crippen LogP contribution is -2.05. The van der Waals surface area contributed by atoms with Crippen molar-refractivity contribution in [2.24, 2.45) is 4.36 Å². The molecule has 164 valence electrons. The molecule has 0 saturated carbocycles. The number of carbonyl (C=O) groups is 1. The molecule has 0 aliphatic rings. The fraction of sp³-hybridized carbons (Fsp3) is 0.0909. The molecular formula is C22H13Cl2F3N2O2S. The van der Waals surface area contributed by atoms with E-state index in [-0.39, 0.29) is 20.5 Å². The van der Waals surface area contributed by atoms with E-state index in [1.54, 1.807) is 0 Å². The molecule has 1 heterocycles. The highest BCUT2D eigenvalue weighted by atomic mass is 35.5. The molecule has 3 aromatic rings. The Morgan fingerprint density at radius 3 is 2.16 bits per heavy atom. The van der Waals surface area contributed by atoms with Crippen LogP contribution in [0.3, 0.4) is 0 Å². The number of halogens is 5. The van der Waals surface area contributed by atoms with Crippen molar-refractivity contribution in [3.63, 3.8) is 0 Å². The Morgan fingerprint density at radius 1 is 0.969 bits per heavy atom. The van der Waals surface area contributed by atoms with E-state index in [9.17, 15) is 22.2 Å². The number of alkyl halides is 3. The van der Waals surface area contributed by atoms with Gasteiger partial charge in [-0.05, 0) is 48.5 Å². The Hall–Kier alpha value is -2.86. The summed E-state index contributed by atoms with van der Waals surface area (Å²) in [5.41, 5.74) is -0.0387. The second-order valence-corrected chi connectivity index (χ2v) is 9.72. The third kappa shape index (κ3) is 6.10. The van der Waals surface area contributed by atoms with Gasteiger partial charge in [0.2, 0.25) is 0 Å². The summed E-state index contributed by atoms with van der Waals surface area (Å²) >= 11 is 11.9. The van der Waals surface area contributed by atoms with Crippen LogP contribution < -0.4 is 0 Å². The average Bonchev–Trinajstić information content (AvgIpc) is 2.71. The minimum absolute atomic E-state index is 0.0481. The first kappa shape index (κ1) is 23.8. The van der Waals surface area contributed by atoms with E-state index >= 15 is 0 Å². The molecule has 0 spiro atoms. The Labute approximate surface area is 192 Å². The lowest BCUT2D eigenvalue weighted by atomic mass is 10.1. The van der Waals surface area contributed by atoms with Crippen LogP contribution in [0.25, 0.3) is 0 Å². The highest BCUT2D eigenvalue weighted by molar-refractivity contribution is 7.93. The van der Waals surface area contributed by atoms with Gasteiger partial charge in [-0.3, -0.25) is 9.78 Å². The third-order valence-electron chi connectivity index (χ3n) is 4.08. The molecule has 0 bridgehead atoms. The molecule has 1 atom stereocenters. The van der Waals surface area contributed by atoms with E-state index in [1.165, 1.54) is 55.0 Å². The van der Waals surface area contributed by atoms with E-state index in [1.807, 2.05) is 0 Å². The molecule has 0 fully saturated rings. The summed E-state index contributed by atoms with van der Waals surface area (Å²) in [5.74, 6) is 4.66. The number of hydrogen-bond donors (Lipinski definition) is 0. The first-order valence-electron chi connectivity index (χ1n) is 8.81. The molecule has 0 saturated heterocycles. The van der Waals surface area contributed by atoms with E-state index in [2.05, 4.69) is 21.2 Å². The fourth-order valence-electron chi connectivity index (χ4n) is 2.52. The van der Waals surface area contributed by atoms with Crippen LogP contribution in [-0.2, 0) is 15.9 Å². The summed E-state index contributed by atoms with van der Waals surface area (Å²) < 4.78 is 54.6. The van der Waals surface area contributed by atoms with E-state index in [0.717, 1.165) is 12.1 Å². The molecular weight excluding hydrogens is 484 g/mol. The van der Waals surface area contributed by atoms with Gasteiger partial charge in [-0.15, -0.1) is 0 Å². The summed E-state index contributed by atoms with van der Waals surface area (Å²) in [6, 6.07) is 10.0. The van der Waals surface area contributed by atoms with E-state index in [4.69, 9.17) is 23.2 Å². The lowest BCUT2D eigenvalue weighted by Gasteiger charge is -2.06. The van der Waals surface area contributed by atoms with Crippen molar-refractivity contribution in [2.45, 2.75) is 11.1 Å². The third-order valence-corrected chi connectivity index (χ3v) is 6.14. The first-order valence-corrected chi connectivity index (χ1v) is 11.5. The van der Waals surface area contributed by atoms with Crippen molar-refractivity contribution in [3.05, 3.63) is 93.2 Å². The predicted molar refractivity (Wildman–Crippen MR) is 117 cm³/mol. The maximum Gasteiger partial charge on any atom is 0.416 e. The average molecular weight is 497 g/mol. The SMILES string of the molecule is CS(=O)(=NC(=O)c1cncc(C#Cc2ccc(C(F)(F)F)cc2)c1)c1cc(Cl)cc(Cl)c1. The van der Waals surface area contributed by atoms with Crippen molar-refractivity contribution in [1.82, 2.24) is 4.98 Å². The summed E-state index contributed by atoms with van der Waals surface area (Å²) in [6.07, 6.45) is -0.513. The van der Waals surface area contributed by atoms with Crippen molar-refractivity contribution in [2.75, 3.05) is 6.26 Å². The van der Waals surface area contributed by atoms with Gasteiger partial charge in [-0.25, -0.2) is 4.21 Å². The molecule has 1 amide bonds. The van der Waals surface area contributed by atoms with Gasteiger partial charge < -0.3 is 0 Å². The van der Waals surface area contributed by atoms with Gasteiger partial charge in [0, 0.05) is 39.8 Å². The summed E-state index contributed by atoms with van der Waals surface area (Å²) in [4.78, 5) is 16.7. The summed E-state index contributed by atoms with van der Waals surface area (Å²) in [7, 11) is -3.14. The molecule has 1 aromatic heterocycles. The molecule has 3 rings (SSSR count). The van der Waals surface area contributed by atoms with Crippen LogP contribution in [0.5, 0.6) is 0 Å². The second-order valence-electron chi connectivity index (χ2n) is 6.59. The highest BCUT2D eigenvalue weighted by Crippen LogP contribution is 2.29. The number of rotatable bonds is 2. The topological polar surface area (TPSA) is 59.4 Å². The smallest absolute Gasteiger partial charge is 0.266 e. The number of benzene rings is 2. The summed E-state index contributed by atoms with van der Waals surface area (Å²) in [6.45, 7) is 0. The first-order chi connectivity index (χ1) is 14.9. The van der Waals surface area contributed by atoms with Gasteiger partial charge in [0.15, 0.2) is 0 Å². The molecule has 1 unspecified atom stereocenters. The van der Waals surface area contributed by atoms with Crippen LogP contribution in [0.1, 0.15) is 27.0 Å². The van der Waals surface area contributed by atoms with Crippen molar-refractivity contribution in [1.29, 1.82) is 0 Å². The zero-order valence-corrected chi connectivity index (χ0v) is 18.6. The number of amides is 1. The van der Waals surface area contributed by atoms with E-state index < -0.39 is 27.4 Å². The van der Waals surface area contributed by atoms with Gasteiger partial charge in [0.25, 0.3) is 5.91 Å². The van der Waals surface area contributed by atoms with Crippen molar-refractivity contribution < 1.29 is 22.2 Å².